The zero-order valence-corrected chi connectivity index (χ0v) is 15.2. The average molecular weight is 349 g/mol. The maximum absolute atomic E-state index is 12.0. The SMILES string of the molecule is Cc1nnc(SCc2cc(=O)n(C)c(=O)n2C)n1C1CCCCC1. The summed E-state index contributed by atoms with van der Waals surface area (Å²) in [5, 5.41) is 9.40. The van der Waals surface area contributed by atoms with Crippen molar-refractivity contribution in [3.8, 4) is 0 Å². The monoisotopic (exact) mass is 349 g/mol. The summed E-state index contributed by atoms with van der Waals surface area (Å²) < 4.78 is 4.86. The van der Waals surface area contributed by atoms with Gasteiger partial charge in [0.15, 0.2) is 5.16 Å². The van der Waals surface area contributed by atoms with Crippen molar-refractivity contribution in [3.05, 3.63) is 38.4 Å². The van der Waals surface area contributed by atoms with Gasteiger partial charge in [-0.05, 0) is 19.8 Å². The van der Waals surface area contributed by atoms with Gasteiger partial charge in [0.2, 0.25) is 0 Å². The Balaban J connectivity index is 1.83. The van der Waals surface area contributed by atoms with Crippen molar-refractivity contribution >= 4 is 11.8 Å². The van der Waals surface area contributed by atoms with Crippen LogP contribution >= 0.6 is 11.8 Å². The molecule has 0 N–H and O–H groups in total. The van der Waals surface area contributed by atoms with Crippen LogP contribution < -0.4 is 11.2 Å². The molecule has 8 heteroatoms. The fourth-order valence-electron chi connectivity index (χ4n) is 3.26. The standard InChI is InChI=1S/C16H23N5O2S/c1-11-17-18-15(21(11)12-7-5-4-6-8-12)24-10-13-9-14(22)20(3)16(23)19(13)2/h9,12H,4-8,10H2,1-3H3. The van der Waals surface area contributed by atoms with Crippen LogP contribution in [0.2, 0.25) is 0 Å². The Hall–Kier alpha value is -1.83. The van der Waals surface area contributed by atoms with Crippen LogP contribution in [0.3, 0.4) is 0 Å². The summed E-state index contributed by atoms with van der Waals surface area (Å²) in [7, 11) is 3.18. The van der Waals surface area contributed by atoms with Gasteiger partial charge in [-0.1, -0.05) is 31.0 Å². The van der Waals surface area contributed by atoms with Gasteiger partial charge in [-0.25, -0.2) is 4.79 Å². The zero-order valence-electron chi connectivity index (χ0n) is 14.4. The molecule has 0 aromatic carbocycles. The molecule has 0 bridgehead atoms. The van der Waals surface area contributed by atoms with Crippen LogP contribution in [0.4, 0.5) is 0 Å². The zero-order chi connectivity index (χ0) is 17.3. The molecule has 0 radical (unpaired) electrons. The molecule has 130 valence electrons. The van der Waals surface area contributed by atoms with Gasteiger partial charge in [-0.3, -0.25) is 13.9 Å². The number of rotatable bonds is 4. The largest absolute Gasteiger partial charge is 0.330 e. The lowest BCUT2D eigenvalue weighted by atomic mass is 9.95. The van der Waals surface area contributed by atoms with Crippen molar-refractivity contribution in [1.29, 1.82) is 0 Å². The molecule has 24 heavy (non-hydrogen) atoms. The molecule has 2 aromatic heterocycles. The number of hydrogen-bond donors (Lipinski definition) is 0. The Kier molecular flexibility index (Phi) is 4.93. The van der Waals surface area contributed by atoms with E-state index in [0.29, 0.717) is 17.5 Å². The van der Waals surface area contributed by atoms with Gasteiger partial charge < -0.3 is 4.57 Å². The van der Waals surface area contributed by atoms with E-state index in [9.17, 15) is 9.59 Å². The maximum Gasteiger partial charge on any atom is 0.330 e. The molecule has 0 amide bonds. The number of aryl methyl sites for hydroxylation is 1. The van der Waals surface area contributed by atoms with Crippen molar-refractivity contribution < 1.29 is 0 Å². The molecule has 1 fully saturated rings. The lowest BCUT2D eigenvalue weighted by Crippen LogP contribution is -2.37. The molecular formula is C16H23N5O2S. The molecule has 0 atom stereocenters. The minimum atomic E-state index is -0.303. The first-order valence-corrected chi connectivity index (χ1v) is 9.28. The van der Waals surface area contributed by atoms with Gasteiger partial charge in [0.1, 0.15) is 5.82 Å². The van der Waals surface area contributed by atoms with Crippen LogP contribution in [0.25, 0.3) is 0 Å². The average Bonchev–Trinajstić information content (AvgIpc) is 2.96. The quantitative estimate of drug-likeness (QED) is 0.787. The molecule has 2 aromatic rings. The van der Waals surface area contributed by atoms with Gasteiger partial charge >= 0.3 is 5.69 Å². The fourth-order valence-corrected chi connectivity index (χ4v) is 4.34. The Morgan fingerprint density at radius 3 is 2.54 bits per heavy atom. The van der Waals surface area contributed by atoms with Gasteiger partial charge in [-0.15, -0.1) is 10.2 Å². The number of hydrogen-bond acceptors (Lipinski definition) is 5. The normalized spacial score (nSPS) is 15.8. The fraction of sp³-hybridized carbons (Fsp3) is 0.625. The van der Waals surface area contributed by atoms with E-state index < -0.39 is 0 Å². The molecule has 2 heterocycles. The van der Waals surface area contributed by atoms with Crippen molar-refractivity contribution in [2.75, 3.05) is 0 Å². The second-order valence-electron chi connectivity index (χ2n) is 6.35. The smallest absolute Gasteiger partial charge is 0.303 e. The van der Waals surface area contributed by atoms with Crippen molar-refractivity contribution in [2.45, 2.75) is 56.0 Å². The Bertz CT molecular complexity index is 845. The van der Waals surface area contributed by atoms with Crippen LogP contribution in [0.5, 0.6) is 0 Å². The maximum atomic E-state index is 12.0. The molecular weight excluding hydrogens is 326 g/mol. The second kappa shape index (κ2) is 6.96. The van der Waals surface area contributed by atoms with E-state index in [1.54, 1.807) is 7.05 Å². The van der Waals surface area contributed by atoms with Crippen LogP contribution in [-0.4, -0.2) is 23.9 Å². The van der Waals surface area contributed by atoms with Crippen LogP contribution in [0.15, 0.2) is 20.8 Å². The van der Waals surface area contributed by atoms with E-state index in [4.69, 9.17) is 0 Å². The van der Waals surface area contributed by atoms with E-state index in [0.717, 1.165) is 28.4 Å². The summed E-state index contributed by atoms with van der Waals surface area (Å²) in [5.41, 5.74) is 0.116. The lowest BCUT2D eigenvalue weighted by molar-refractivity contribution is 0.332. The molecule has 7 nitrogen and oxygen atoms in total. The van der Waals surface area contributed by atoms with Gasteiger partial charge in [-0.2, -0.15) is 0 Å². The highest BCUT2D eigenvalue weighted by atomic mass is 32.2. The molecule has 0 aliphatic heterocycles. The molecule has 3 rings (SSSR count). The number of aromatic nitrogens is 5. The molecule has 0 saturated heterocycles. The highest BCUT2D eigenvalue weighted by Crippen LogP contribution is 2.33. The Morgan fingerprint density at radius 1 is 1.12 bits per heavy atom. The third kappa shape index (κ3) is 3.19. The first-order valence-electron chi connectivity index (χ1n) is 8.29. The van der Waals surface area contributed by atoms with Crippen molar-refractivity contribution in [2.24, 2.45) is 14.1 Å². The minimum absolute atomic E-state index is 0.279. The number of nitrogens with zero attached hydrogens (tertiary/aromatic N) is 5. The van der Waals surface area contributed by atoms with Crippen molar-refractivity contribution in [3.63, 3.8) is 0 Å². The third-order valence-electron chi connectivity index (χ3n) is 4.75. The highest BCUT2D eigenvalue weighted by Gasteiger charge is 2.21. The van der Waals surface area contributed by atoms with Crippen LogP contribution in [0.1, 0.15) is 49.7 Å². The Morgan fingerprint density at radius 2 is 1.83 bits per heavy atom. The summed E-state index contributed by atoms with van der Waals surface area (Å²) in [6, 6.07) is 1.98. The predicted octanol–water partition coefficient (Wildman–Crippen LogP) is 1.78. The van der Waals surface area contributed by atoms with Crippen molar-refractivity contribution in [1.82, 2.24) is 23.9 Å². The highest BCUT2D eigenvalue weighted by molar-refractivity contribution is 7.98. The van der Waals surface area contributed by atoms with Gasteiger partial charge in [0, 0.05) is 37.7 Å². The summed E-state index contributed by atoms with van der Waals surface area (Å²) in [4.78, 5) is 23.9. The van der Waals surface area contributed by atoms with Crippen LogP contribution in [-0.2, 0) is 19.8 Å². The first-order chi connectivity index (χ1) is 11.5. The Labute approximate surface area is 144 Å². The van der Waals surface area contributed by atoms with E-state index in [2.05, 4.69) is 14.8 Å². The molecule has 1 saturated carbocycles. The minimum Gasteiger partial charge on any atom is -0.303 e. The molecule has 0 spiro atoms. The third-order valence-corrected chi connectivity index (χ3v) is 5.73. The number of thioether (sulfide) groups is 1. The van der Waals surface area contributed by atoms with E-state index >= 15 is 0 Å². The second-order valence-corrected chi connectivity index (χ2v) is 7.30. The molecule has 1 aliphatic carbocycles. The predicted molar refractivity (Wildman–Crippen MR) is 93.4 cm³/mol. The summed E-state index contributed by atoms with van der Waals surface area (Å²) in [5.74, 6) is 1.45. The van der Waals surface area contributed by atoms with Gasteiger partial charge in [0.05, 0.1) is 0 Å². The first kappa shape index (κ1) is 17.0. The summed E-state index contributed by atoms with van der Waals surface area (Å²) in [6.45, 7) is 1.99. The van der Waals surface area contributed by atoms with E-state index in [1.807, 2.05) is 6.92 Å². The van der Waals surface area contributed by atoms with Crippen LogP contribution in [0, 0.1) is 6.92 Å². The van der Waals surface area contributed by atoms with E-state index in [-0.39, 0.29) is 11.2 Å². The van der Waals surface area contributed by atoms with Gasteiger partial charge in [0.25, 0.3) is 5.56 Å². The molecule has 0 unspecified atom stereocenters. The molecule has 1 aliphatic rings. The summed E-state index contributed by atoms with van der Waals surface area (Å²) in [6.07, 6.45) is 6.12. The summed E-state index contributed by atoms with van der Waals surface area (Å²) >= 11 is 1.53. The van der Waals surface area contributed by atoms with E-state index in [1.165, 1.54) is 48.7 Å². The lowest BCUT2D eigenvalue weighted by Gasteiger charge is -2.25. The topological polar surface area (TPSA) is 74.7 Å².